The van der Waals surface area contributed by atoms with Crippen molar-refractivity contribution >= 4 is 0 Å². The fourth-order valence-corrected chi connectivity index (χ4v) is 2.87. The van der Waals surface area contributed by atoms with E-state index in [1.54, 1.807) is 0 Å². The van der Waals surface area contributed by atoms with Crippen LogP contribution in [0.3, 0.4) is 0 Å². The second-order valence-corrected chi connectivity index (χ2v) is 6.38. The summed E-state index contributed by atoms with van der Waals surface area (Å²) >= 11 is 0. The highest BCUT2D eigenvalue weighted by atomic mass is 16.7. The van der Waals surface area contributed by atoms with Crippen LogP contribution in [0.4, 0.5) is 0 Å². The van der Waals surface area contributed by atoms with Gasteiger partial charge in [0.2, 0.25) is 0 Å². The van der Waals surface area contributed by atoms with Crippen molar-refractivity contribution in [1.82, 2.24) is 10.4 Å². The summed E-state index contributed by atoms with van der Waals surface area (Å²) in [5.41, 5.74) is 0.651. The Hall–Kier alpha value is -0.120. The molecule has 0 aromatic carbocycles. The summed E-state index contributed by atoms with van der Waals surface area (Å²) in [6, 6.07) is 0. The second kappa shape index (κ2) is 5.25. The number of hydrogen-bond donors (Lipinski definition) is 1. The molecule has 1 heterocycles. The molecule has 2 fully saturated rings. The molecular weight excluding hydrogens is 212 g/mol. The van der Waals surface area contributed by atoms with Gasteiger partial charge in [0.15, 0.2) is 0 Å². The molecule has 2 rings (SSSR count). The van der Waals surface area contributed by atoms with Crippen molar-refractivity contribution in [1.29, 1.82) is 0 Å². The van der Waals surface area contributed by atoms with Crippen LogP contribution in [0.25, 0.3) is 0 Å². The van der Waals surface area contributed by atoms with Gasteiger partial charge in [0.05, 0.1) is 5.60 Å². The number of rotatable bonds is 3. The summed E-state index contributed by atoms with van der Waals surface area (Å²) in [5.74, 6) is 0. The van der Waals surface area contributed by atoms with Crippen LogP contribution >= 0.6 is 0 Å². The van der Waals surface area contributed by atoms with Crippen molar-refractivity contribution in [2.75, 3.05) is 26.2 Å². The molecular formula is C14H28N2O. The predicted octanol–water partition coefficient (Wildman–Crippen LogP) is 2.57. The first-order chi connectivity index (χ1) is 8.05. The van der Waals surface area contributed by atoms with E-state index in [1.807, 2.05) is 0 Å². The van der Waals surface area contributed by atoms with E-state index in [1.165, 1.54) is 32.1 Å². The lowest BCUT2D eigenvalue weighted by Gasteiger charge is -2.45. The van der Waals surface area contributed by atoms with E-state index in [4.69, 9.17) is 4.84 Å². The van der Waals surface area contributed by atoms with Crippen molar-refractivity contribution < 1.29 is 4.84 Å². The van der Waals surface area contributed by atoms with Gasteiger partial charge in [0.1, 0.15) is 0 Å². The van der Waals surface area contributed by atoms with Crippen molar-refractivity contribution in [3.8, 4) is 0 Å². The number of nitrogens with zero attached hydrogens (tertiary/aromatic N) is 1. The van der Waals surface area contributed by atoms with Gasteiger partial charge >= 0.3 is 0 Å². The molecule has 17 heavy (non-hydrogen) atoms. The standard InChI is InChI=1S/C14H28N2O/c1-4-13(2)5-7-14(3,8-6-13)17-16-11-9-15-10-12-16/h15H,4-12H2,1-3H3. The Morgan fingerprint density at radius 2 is 1.65 bits per heavy atom. The van der Waals surface area contributed by atoms with Crippen molar-refractivity contribution in [3.63, 3.8) is 0 Å². The molecule has 2 aliphatic rings. The summed E-state index contributed by atoms with van der Waals surface area (Å²) in [6.07, 6.45) is 6.34. The fraction of sp³-hybridized carbons (Fsp3) is 1.00. The van der Waals surface area contributed by atoms with Gasteiger partial charge in [0.25, 0.3) is 0 Å². The number of piperazine rings is 1. The van der Waals surface area contributed by atoms with Crippen molar-refractivity contribution in [2.24, 2.45) is 5.41 Å². The van der Waals surface area contributed by atoms with Gasteiger partial charge in [-0.25, -0.2) is 0 Å². The molecule has 3 nitrogen and oxygen atoms in total. The van der Waals surface area contributed by atoms with E-state index >= 15 is 0 Å². The average molecular weight is 240 g/mol. The molecule has 3 heteroatoms. The average Bonchev–Trinajstić information content (AvgIpc) is 2.35. The van der Waals surface area contributed by atoms with E-state index in [9.17, 15) is 0 Å². The topological polar surface area (TPSA) is 24.5 Å². The van der Waals surface area contributed by atoms with Crippen LogP contribution in [0.15, 0.2) is 0 Å². The minimum absolute atomic E-state index is 0.0893. The molecule has 100 valence electrons. The zero-order valence-corrected chi connectivity index (χ0v) is 11.7. The molecule has 0 amide bonds. The van der Waals surface area contributed by atoms with E-state index in [0.29, 0.717) is 5.41 Å². The second-order valence-electron chi connectivity index (χ2n) is 6.38. The van der Waals surface area contributed by atoms with Gasteiger partial charge in [0, 0.05) is 26.2 Å². The van der Waals surface area contributed by atoms with Crippen molar-refractivity contribution in [3.05, 3.63) is 0 Å². The predicted molar refractivity (Wildman–Crippen MR) is 70.8 cm³/mol. The van der Waals surface area contributed by atoms with Gasteiger partial charge in [-0.05, 0) is 38.0 Å². The van der Waals surface area contributed by atoms with Crippen LogP contribution < -0.4 is 5.32 Å². The zero-order valence-electron chi connectivity index (χ0n) is 11.7. The van der Waals surface area contributed by atoms with Crippen LogP contribution in [0.2, 0.25) is 0 Å². The van der Waals surface area contributed by atoms with Crippen LogP contribution in [-0.2, 0) is 4.84 Å². The molecule has 0 atom stereocenters. The molecule has 0 radical (unpaired) electrons. The number of nitrogens with one attached hydrogen (secondary N) is 1. The monoisotopic (exact) mass is 240 g/mol. The summed E-state index contributed by atoms with van der Waals surface area (Å²) < 4.78 is 0. The smallest absolute Gasteiger partial charge is 0.0872 e. The third-order valence-electron chi connectivity index (χ3n) is 4.79. The zero-order chi connectivity index (χ0) is 12.4. The van der Waals surface area contributed by atoms with Crippen LogP contribution in [-0.4, -0.2) is 36.8 Å². The Balaban J connectivity index is 1.84. The highest BCUT2D eigenvalue weighted by molar-refractivity contribution is 4.88. The first-order valence-corrected chi connectivity index (χ1v) is 7.20. The van der Waals surface area contributed by atoms with Gasteiger partial charge in [-0.1, -0.05) is 20.3 Å². The molecule has 0 aromatic heterocycles. The SMILES string of the molecule is CCC1(C)CCC(C)(ON2CCNCC2)CC1. The van der Waals surface area contributed by atoms with Crippen LogP contribution in [0.5, 0.6) is 0 Å². The summed E-state index contributed by atoms with van der Waals surface area (Å²) in [7, 11) is 0. The quantitative estimate of drug-likeness (QED) is 0.820. The molecule has 1 aliphatic heterocycles. The molecule has 1 saturated heterocycles. The Labute approximate surface area is 106 Å². The normalized spacial score (nSPS) is 40.4. The molecule has 0 aromatic rings. The van der Waals surface area contributed by atoms with E-state index in [0.717, 1.165) is 26.2 Å². The number of hydrogen-bond acceptors (Lipinski definition) is 3. The molecule has 0 bridgehead atoms. The van der Waals surface area contributed by atoms with E-state index in [2.05, 4.69) is 31.2 Å². The largest absolute Gasteiger partial charge is 0.314 e. The minimum Gasteiger partial charge on any atom is -0.314 e. The lowest BCUT2D eigenvalue weighted by atomic mass is 9.69. The van der Waals surface area contributed by atoms with Gasteiger partial charge in [-0.3, -0.25) is 4.84 Å². The molecule has 1 aliphatic carbocycles. The van der Waals surface area contributed by atoms with E-state index in [-0.39, 0.29) is 5.60 Å². The number of hydroxylamine groups is 2. The molecule has 1 saturated carbocycles. The molecule has 0 spiro atoms. The summed E-state index contributed by atoms with van der Waals surface area (Å²) in [4.78, 5) is 6.25. The Kier molecular flexibility index (Phi) is 4.11. The van der Waals surface area contributed by atoms with Crippen molar-refractivity contribution in [2.45, 2.75) is 58.5 Å². The molecule has 1 N–H and O–H groups in total. The fourth-order valence-electron chi connectivity index (χ4n) is 2.87. The van der Waals surface area contributed by atoms with Crippen LogP contribution in [0.1, 0.15) is 52.9 Å². The first-order valence-electron chi connectivity index (χ1n) is 7.20. The Morgan fingerprint density at radius 3 is 2.18 bits per heavy atom. The maximum Gasteiger partial charge on any atom is 0.0872 e. The summed E-state index contributed by atoms with van der Waals surface area (Å²) in [5, 5.41) is 5.54. The summed E-state index contributed by atoms with van der Waals surface area (Å²) in [6.45, 7) is 11.2. The van der Waals surface area contributed by atoms with Gasteiger partial charge < -0.3 is 5.32 Å². The third-order valence-corrected chi connectivity index (χ3v) is 4.79. The minimum atomic E-state index is 0.0893. The lowest BCUT2D eigenvalue weighted by Crippen LogP contribution is -2.49. The Bertz CT molecular complexity index is 241. The highest BCUT2D eigenvalue weighted by Crippen LogP contribution is 2.44. The van der Waals surface area contributed by atoms with Gasteiger partial charge in [-0.15, -0.1) is 0 Å². The van der Waals surface area contributed by atoms with Gasteiger partial charge in [-0.2, -0.15) is 5.06 Å². The Morgan fingerprint density at radius 1 is 1.06 bits per heavy atom. The third kappa shape index (κ3) is 3.43. The molecule has 0 unspecified atom stereocenters. The highest BCUT2D eigenvalue weighted by Gasteiger charge is 2.38. The first kappa shape index (κ1) is 13.3. The maximum absolute atomic E-state index is 6.25. The lowest BCUT2D eigenvalue weighted by molar-refractivity contribution is -0.258. The van der Waals surface area contributed by atoms with Crippen LogP contribution in [0, 0.1) is 5.41 Å². The maximum atomic E-state index is 6.25. The van der Waals surface area contributed by atoms with E-state index < -0.39 is 0 Å².